The minimum atomic E-state index is -1.64. The van der Waals surface area contributed by atoms with Crippen molar-refractivity contribution in [1.82, 2.24) is 21.3 Å². The number of ether oxygens (including phenoxy) is 1. The summed E-state index contributed by atoms with van der Waals surface area (Å²) < 4.78 is 5.59. The summed E-state index contributed by atoms with van der Waals surface area (Å²) in [6, 6.07) is 1.96. The number of carbonyl (C=O) groups excluding carboxylic acids is 5. The highest BCUT2D eigenvalue weighted by atomic mass is 16.5. The molecule has 0 saturated carbocycles. The number of aliphatic carboxylic acids is 1. The number of hydrogen-bond acceptors (Lipinski definition) is 7. The van der Waals surface area contributed by atoms with E-state index in [1.807, 2.05) is 0 Å². The molecule has 0 unspecified atom stereocenters. The zero-order chi connectivity index (χ0) is 26.1. The van der Waals surface area contributed by atoms with Crippen LogP contribution in [0.2, 0.25) is 0 Å². The van der Waals surface area contributed by atoms with Crippen molar-refractivity contribution in [3.63, 3.8) is 0 Å². The number of rotatable bonds is 4. The lowest BCUT2D eigenvalue weighted by Crippen LogP contribution is -2.57. The summed E-state index contributed by atoms with van der Waals surface area (Å²) in [6.07, 6.45) is -1.32. The molecule has 3 atom stereocenters. The average molecular weight is 492 g/mol. The molecule has 0 aliphatic carbocycles. The van der Waals surface area contributed by atoms with E-state index in [4.69, 9.17) is 10.5 Å². The number of fused-ring (bicyclic) bond motifs is 1. The zero-order valence-corrected chi connectivity index (χ0v) is 19.3. The van der Waals surface area contributed by atoms with Gasteiger partial charge in [-0.1, -0.05) is 26.0 Å². The molecule has 1 heterocycles. The Kier molecular flexibility index (Phi) is 9.55. The van der Waals surface area contributed by atoms with Crippen molar-refractivity contribution in [3.8, 4) is 5.75 Å². The Morgan fingerprint density at radius 2 is 1.77 bits per heavy atom. The van der Waals surface area contributed by atoms with E-state index in [1.165, 1.54) is 12.1 Å². The van der Waals surface area contributed by atoms with Gasteiger partial charge >= 0.3 is 5.97 Å². The van der Waals surface area contributed by atoms with E-state index in [1.54, 1.807) is 26.0 Å². The molecule has 35 heavy (non-hydrogen) atoms. The Bertz CT molecular complexity index is 996. The Labute approximate surface area is 201 Å². The van der Waals surface area contributed by atoms with Crippen LogP contribution in [0.25, 0.3) is 0 Å². The fourth-order valence-electron chi connectivity index (χ4n) is 3.30. The first-order chi connectivity index (χ1) is 16.5. The van der Waals surface area contributed by atoms with Crippen molar-refractivity contribution in [3.05, 3.63) is 29.8 Å². The average Bonchev–Trinajstić information content (AvgIpc) is 2.78. The van der Waals surface area contributed by atoms with Gasteiger partial charge in [-0.25, -0.2) is 4.79 Å². The van der Waals surface area contributed by atoms with Crippen LogP contribution in [0.15, 0.2) is 24.3 Å². The summed E-state index contributed by atoms with van der Waals surface area (Å²) in [6.45, 7) is 3.39. The third kappa shape index (κ3) is 7.98. The van der Waals surface area contributed by atoms with Crippen molar-refractivity contribution in [2.45, 2.75) is 44.8 Å². The number of para-hydroxylation sites is 1. The van der Waals surface area contributed by atoms with Gasteiger partial charge < -0.3 is 36.8 Å². The predicted octanol–water partition coefficient (Wildman–Crippen LogP) is -1.73. The molecule has 2 rings (SSSR count). The standard InChI is InChI=1S/C22H29N5O8/c1-11(2)18-21(32)24-7-8-35-15-6-4-3-5-12(15)19(30)26-14(22(33)34)10-17(29)25-13(9-16(23)28)20(31)27-18/h3-6,11,13-14,18H,7-10H2,1-2H3,(H2,23,28)(H,24,32)(H,25,29)(H,26,30)(H,27,31)(H,33,34)/t13-,14-,18+/m0/s1. The Balaban J connectivity index is 2.39. The first kappa shape index (κ1) is 27.1. The molecule has 0 fully saturated rings. The van der Waals surface area contributed by atoms with E-state index < -0.39 is 66.5 Å². The van der Waals surface area contributed by atoms with E-state index in [-0.39, 0.29) is 30.4 Å². The number of amides is 5. The molecule has 1 aliphatic rings. The minimum Gasteiger partial charge on any atom is -0.491 e. The van der Waals surface area contributed by atoms with Gasteiger partial charge in [0.25, 0.3) is 5.91 Å². The van der Waals surface area contributed by atoms with Crippen LogP contribution in [-0.4, -0.2) is 71.9 Å². The number of benzene rings is 1. The number of carboxylic acid groups (broad SMARTS) is 1. The van der Waals surface area contributed by atoms with Gasteiger partial charge in [-0.15, -0.1) is 0 Å². The Morgan fingerprint density at radius 1 is 1.09 bits per heavy atom. The Hall–Kier alpha value is -4.16. The van der Waals surface area contributed by atoms with Crippen molar-refractivity contribution in [2.24, 2.45) is 11.7 Å². The van der Waals surface area contributed by atoms with E-state index in [0.29, 0.717) is 0 Å². The topological polar surface area (TPSA) is 206 Å². The summed E-state index contributed by atoms with van der Waals surface area (Å²) in [4.78, 5) is 73.9. The van der Waals surface area contributed by atoms with Crippen molar-refractivity contribution in [1.29, 1.82) is 0 Å². The molecule has 1 aliphatic heterocycles. The second kappa shape index (κ2) is 12.3. The van der Waals surface area contributed by atoms with Crippen molar-refractivity contribution < 1.29 is 38.6 Å². The molecule has 1 aromatic carbocycles. The van der Waals surface area contributed by atoms with Gasteiger partial charge in [-0.2, -0.15) is 0 Å². The summed E-state index contributed by atoms with van der Waals surface area (Å²) in [5, 5.41) is 19.1. The number of nitrogens with one attached hydrogen (secondary N) is 4. The summed E-state index contributed by atoms with van der Waals surface area (Å²) in [5.41, 5.74) is 5.22. The van der Waals surface area contributed by atoms with Crippen LogP contribution in [0, 0.1) is 5.92 Å². The molecule has 7 N–H and O–H groups in total. The second-order valence-corrected chi connectivity index (χ2v) is 8.22. The molecule has 0 bridgehead atoms. The fraction of sp³-hybridized carbons (Fsp3) is 0.455. The van der Waals surface area contributed by atoms with Crippen LogP contribution in [-0.2, 0) is 24.0 Å². The van der Waals surface area contributed by atoms with E-state index in [0.717, 1.165) is 0 Å². The highest BCUT2D eigenvalue weighted by Gasteiger charge is 2.31. The number of carbonyl (C=O) groups is 6. The lowest BCUT2D eigenvalue weighted by Gasteiger charge is -2.25. The lowest BCUT2D eigenvalue weighted by atomic mass is 10.0. The maximum absolute atomic E-state index is 12.8. The third-order valence-corrected chi connectivity index (χ3v) is 5.09. The summed E-state index contributed by atoms with van der Waals surface area (Å²) in [7, 11) is 0. The summed E-state index contributed by atoms with van der Waals surface area (Å²) >= 11 is 0. The largest absolute Gasteiger partial charge is 0.491 e. The molecular weight excluding hydrogens is 462 g/mol. The molecule has 13 heteroatoms. The number of nitrogens with two attached hydrogens (primary N) is 1. The highest BCUT2D eigenvalue weighted by Crippen LogP contribution is 2.18. The van der Waals surface area contributed by atoms with Gasteiger partial charge in [-0.3, -0.25) is 24.0 Å². The van der Waals surface area contributed by atoms with Gasteiger partial charge in [-0.05, 0) is 18.1 Å². The molecule has 0 saturated heterocycles. The normalized spacial score (nSPS) is 22.4. The molecule has 0 spiro atoms. The van der Waals surface area contributed by atoms with Gasteiger partial charge in [0, 0.05) is 0 Å². The van der Waals surface area contributed by atoms with Gasteiger partial charge in [0.2, 0.25) is 23.6 Å². The smallest absolute Gasteiger partial charge is 0.326 e. The molecule has 0 radical (unpaired) electrons. The predicted molar refractivity (Wildman–Crippen MR) is 121 cm³/mol. The second-order valence-electron chi connectivity index (χ2n) is 8.22. The third-order valence-electron chi connectivity index (χ3n) is 5.09. The van der Waals surface area contributed by atoms with Crippen LogP contribution < -0.4 is 31.7 Å². The lowest BCUT2D eigenvalue weighted by molar-refractivity contribution is -0.141. The van der Waals surface area contributed by atoms with Crippen molar-refractivity contribution in [2.75, 3.05) is 13.2 Å². The maximum atomic E-state index is 12.8. The molecule has 13 nitrogen and oxygen atoms in total. The monoisotopic (exact) mass is 491 g/mol. The van der Waals surface area contributed by atoms with Crippen LogP contribution in [0.5, 0.6) is 5.75 Å². The van der Waals surface area contributed by atoms with Crippen molar-refractivity contribution >= 4 is 35.5 Å². The Morgan fingerprint density at radius 3 is 2.40 bits per heavy atom. The molecule has 0 aromatic heterocycles. The van der Waals surface area contributed by atoms with E-state index >= 15 is 0 Å². The number of carboxylic acids is 1. The SMILES string of the molecule is CC(C)[C@H]1NC(=O)[C@H](CC(N)=O)NC(=O)C[C@@H](C(=O)O)NC(=O)c2ccccc2OCCNC1=O. The van der Waals surface area contributed by atoms with Gasteiger partial charge in [0.15, 0.2) is 0 Å². The molecule has 5 amide bonds. The molecule has 190 valence electrons. The van der Waals surface area contributed by atoms with Gasteiger partial charge in [0.1, 0.15) is 30.5 Å². The molecule has 1 aromatic rings. The van der Waals surface area contributed by atoms with E-state index in [2.05, 4.69) is 21.3 Å². The summed E-state index contributed by atoms with van der Waals surface area (Å²) in [5.74, 6) is -5.72. The first-order valence-electron chi connectivity index (χ1n) is 10.9. The first-order valence-corrected chi connectivity index (χ1v) is 10.9. The van der Waals surface area contributed by atoms with Crippen LogP contribution in [0.1, 0.15) is 37.0 Å². The minimum absolute atomic E-state index is 0.0262. The molecular formula is C22H29N5O8. The zero-order valence-electron chi connectivity index (χ0n) is 19.3. The fourth-order valence-corrected chi connectivity index (χ4v) is 3.30. The van der Waals surface area contributed by atoms with Gasteiger partial charge in [0.05, 0.1) is 24.9 Å². The number of hydrogen-bond donors (Lipinski definition) is 6. The van der Waals surface area contributed by atoms with Crippen LogP contribution in [0.4, 0.5) is 0 Å². The van der Waals surface area contributed by atoms with Crippen LogP contribution >= 0.6 is 0 Å². The maximum Gasteiger partial charge on any atom is 0.326 e. The van der Waals surface area contributed by atoms with E-state index in [9.17, 15) is 33.9 Å². The number of primary amides is 1. The highest BCUT2D eigenvalue weighted by molar-refractivity contribution is 6.00. The quantitative estimate of drug-likeness (QED) is 0.285. The van der Waals surface area contributed by atoms with Crippen LogP contribution in [0.3, 0.4) is 0 Å².